The number of hydrogen-bond donors (Lipinski definition) is 0. The molecule has 0 aromatic heterocycles. The van der Waals surface area contributed by atoms with Crippen LogP contribution in [0, 0.1) is 69.5 Å². The van der Waals surface area contributed by atoms with Crippen molar-refractivity contribution >= 4 is 0 Å². The van der Waals surface area contributed by atoms with E-state index >= 15 is 0 Å². The molecule has 0 rings (SSSR count). The summed E-state index contributed by atoms with van der Waals surface area (Å²) in [6.45, 7) is 35.9. The van der Waals surface area contributed by atoms with E-state index in [0.717, 1.165) is 25.7 Å². The second kappa shape index (κ2) is 55.8. The molecule has 106 heavy (non-hydrogen) atoms. The Morgan fingerprint density at radius 1 is 0.302 bits per heavy atom. The van der Waals surface area contributed by atoms with Crippen molar-refractivity contribution in [3.05, 3.63) is 0 Å². The van der Waals surface area contributed by atoms with Crippen LogP contribution in [-0.4, -0.2) is 74.1 Å². The molecule has 0 amide bonds. The molecule has 0 aliphatic carbocycles. The quantitative estimate of drug-likeness (QED) is 0.0631. The Balaban J connectivity index is -0.000000121. The summed E-state index contributed by atoms with van der Waals surface area (Å²) in [7, 11) is 0. The lowest BCUT2D eigenvalue weighted by Gasteiger charge is -2.31. The summed E-state index contributed by atoms with van der Waals surface area (Å²) in [6, 6.07) is 0. The summed E-state index contributed by atoms with van der Waals surface area (Å²) in [4.78, 5) is 0. The molecule has 0 fully saturated rings. The molecule has 36 heteroatoms. The highest BCUT2D eigenvalue weighted by Gasteiger charge is 2.57. The van der Waals surface area contributed by atoms with Crippen molar-refractivity contribution in [2.24, 2.45) is 69.5 Å². The highest BCUT2D eigenvalue weighted by Crippen LogP contribution is 2.46. The zero-order valence-electron chi connectivity index (χ0n) is 65.6. The maximum atomic E-state index is 12.1. The minimum absolute atomic E-state index is 0.0658. The number of alkyl halides is 36. The van der Waals surface area contributed by atoms with Crippen LogP contribution in [-0.2, 0) is 0 Å². The summed E-state index contributed by atoms with van der Waals surface area (Å²) in [5, 5.41) is 0. The van der Waals surface area contributed by atoms with Crippen LogP contribution < -0.4 is 0 Å². The molecule has 0 N–H and O–H groups in total. The maximum Gasteiger partial charge on any atom is 0.400 e. The minimum atomic E-state index is -5.19. The number of hydrogen-bond acceptors (Lipinski definition) is 0. The van der Waals surface area contributed by atoms with Crippen LogP contribution in [0.15, 0.2) is 0 Å². The van der Waals surface area contributed by atoms with Gasteiger partial charge in [0, 0.05) is 25.7 Å². The zero-order valence-corrected chi connectivity index (χ0v) is 65.6. The second-order valence-corrected chi connectivity index (χ2v) is 28.8. The largest absolute Gasteiger partial charge is 0.400 e. The molecular formula is C70H124F36. The predicted molar refractivity (Wildman–Crippen MR) is 348 cm³/mol. The van der Waals surface area contributed by atoms with Crippen molar-refractivity contribution < 1.29 is 158 Å². The molecule has 0 bridgehead atoms. The highest BCUT2D eigenvalue weighted by atomic mass is 19.5. The van der Waals surface area contributed by atoms with E-state index in [4.69, 9.17) is 0 Å². The lowest BCUT2D eigenvalue weighted by atomic mass is 9.81. The number of unbranched alkanes of at least 4 members (excludes halogenated alkanes) is 5. The van der Waals surface area contributed by atoms with Crippen LogP contribution in [0.2, 0.25) is 0 Å². The van der Waals surface area contributed by atoms with Crippen molar-refractivity contribution in [2.45, 2.75) is 381 Å². The Morgan fingerprint density at radius 2 is 0.670 bits per heavy atom. The van der Waals surface area contributed by atoms with Crippen LogP contribution in [0.25, 0.3) is 0 Å². The van der Waals surface area contributed by atoms with Crippen LogP contribution in [0.1, 0.15) is 307 Å². The summed E-state index contributed by atoms with van der Waals surface area (Å²) < 4.78 is 425. The van der Waals surface area contributed by atoms with E-state index < -0.39 is 158 Å². The summed E-state index contributed by atoms with van der Waals surface area (Å²) in [6.07, 6.45) is -47.6. The van der Waals surface area contributed by atoms with E-state index in [1.807, 2.05) is 20.8 Å². The molecule has 656 valence electrons. The van der Waals surface area contributed by atoms with Gasteiger partial charge < -0.3 is 0 Å². The molecule has 4 atom stereocenters. The molecule has 0 radical (unpaired) electrons. The molecule has 0 aromatic rings. The fraction of sp³-hybridized carbons (Fsp3) is 1.00. The topological polar surface area (TPSA) is 0 Å². The van der Waals surface area contributed by atoms with Crippen molar-refractivity contribution in [3.8, 4) is 0 Å². The van der Waals surface area contributed by atoms with Gasteiger partial charge in [0.15, 0.2) is 11.8 Å². The van der Waals surface area contributed by atoms with Gasteiger partial charge in [0.05, 0.1) is 22.7 Å². The average Bonchev–Trinajstić information content (AvgIpc) is 0.867. The highest BCUT2D eigenvalue weighted by molar-refractivity contribution is 4.81. The van der Waals surface area contributed by atoms with Crippen LogP contribution in [0.4, 0.5) is 158 Å². The van der Waals surface area contributed by atoms with Gasteiger partial charge in [-0.25, -0.2) is 0 Å². The van der Waals surface area contributed by atoms with E-state index in [-0.39, 0.29) is 49.4 Å². The van der Waals surface area contributed by atoms with Crippen molar-refractivity contribution in [1.29, 1.82) is 0 Å². The monoisotopic (exact) mass is 1650 g/mol. The van der Waals surface area contributed by atoms with Crippen LogP contribution >= 0.6 is 0 Å². The minimum Gasteiger partial charge on any atom is -0.171 e. The van der Waals surface area contributed by atoms with Gasteiger partial charge in [-0.3, -0.25) is 0 Å². The lowest BCUT2D eigenvalue weighted by molar-refractivity contribution is -0.288. The van der Waals surface area contributed by atoms with Gasteiger partial charge >= 0.3 is 74.1 Å². The molecule has 0 heterocycles. The van der Waals surface area contributed by atoms with Crippen LogP contribution in [0.3, 0.4) is 0 Å². The first kappa shape index (κ1) is 124. The third kappa shape index (κ3) is 81.0. The molecule has 0 spiro atoms. The molecule has 0 aromatic carbocycles. The van der Waals surface area contributed by atoms with Gasteiger partial charge in [0.2, 0.25) is 0 Å². The molecule has 1 unspecified atom stereocenters. The van der Waals surface area contributed by atoms with Crippen molar-refractivity contribution in [2.75, 3.05) is 0 Å². The first-order valence-corrected chi connectivity index (χ1v) is 35.2. The summed E-state index contributed by atoms with van der Waals surface area (Å²) in [5.74, 6) is -10.3. The first-order chi connectivity index (χ1) is 46.4. The van der Waals surface area contributed by atoms with Gasteiger partial charge in [-0.05, 0) is 67.1 Å². The molecule has 0 saturated heterocycles. The Kier molecular flexibility index (Phi) is 65.5. The lowest BCUT2D eigenvalue weighted by Crippen LogP contribution is -2.37. The number of rotatable bonds is 25. The van der Waals surface area contributed by atoms with E-state index in [2.05, 4.69) is 0 Å². The predicted octanol–water partition coefficient (Wildman–Crippen LogP) is 34.5. The first-order valence-electron chi connectivity index (χ1n) is 35.2. The third-order valence-electron chi connectivity index (χ3n) is 16.5. The SMILES string of the molecule is CC(C)C(C)(C)C(F)(F)F.CC(C)CC(C(F)(F)F)C(F)(F)F.CCC(C)(C)CC(F)(F)F.CCC(CC)CC(F)(F)F.CCCC(C)(C)C(F)(F)F.CCCCC(C(F)(F)F)C(F)(F)F.CCCCCCC(F)(F)F.CCCC[C@H](C)C(F)(F)F.CCC[C@H](C)CC(F)(F)F.CC[C@H](C)C(C)C(F)(F)F. The molecule has 0 aliphatic heterocycles. The van der Waals surface area contributed by atoms with E-state index in [1.54, 1.807) is 83.1 Å². The van der Waals surface area contributed by atoms with Crippen LogP contribution in [0.5, 0.6) is 0 Å². The van der Waals surface area contributed by atoms with Crippen molar-refractivity contribution in [3.63, 3.8) is 0 Å². The normalized spacial score (nSPS) is 14.4. The number of halogens is 36. The Hall–Kier alpha value is -2.52. The Labute approximate surface area is 607 Å². The fourth-order valence-electron chi connectivity index (χ4n) is 7.60. The van der Waals surface area contributed by atoms with Gasteiger partial charge in [-0.1, -0.05) is 249 Å². The standard InChI is InChI=1S/2C7H10F6.8C7H13F3/c1-4(2)3-5(6(8,9)10)7(11,12)13;1-2-3-4-5(6(8,9)10)7(11,12)13;1-5(2)6(3,4)7(8,9)10;1-4-6(2,3)5-7(8,9)10;1-4-5-6(2,3)7(8,9)10;1-4-5(2)6(3)7(8,9)10;1-3-4-6(2)5-7(8,9)10;1-3-4-5-6(2)7(8,9)10;1-3-6(4-2)5-7(8,9)10;1-2-3-4-5-6-7(8,9)10/h4-5H,3H2,1-2H3;5H,2-4H2,1H3;5H,1-4H3;2*4-5H2,1-3H3;5-6H,4H2,1-3H3;3*6H,3-5H2,1-2H3;2-6H2,1H3/t;;;;;5-,6?;2*6-;;/m.....000../s1. The van der Waals surface area contributed by atoms with E-state index in [9.17, 15) is 158 Å². The van der Waals surface area contributed by atoms with E-state index in [0.29, 0.717) is 57.8 Å². The molecular weight excluding hydrogens is 1520 g/mol. The van der Waals surface area contributed by atoms with E-state index in [1.165, 1.54) is 55.4 Å². The Bertz CT molecular complexity index is 1930. The average molecular weight is 1650 g/mol. The maximum absolute atomic E-state index is 12.1. The van der Waals surface area contributed by atoms with Gasteiger partial charge in [0.1, 0.15) is 0 Å². The smallest absolute Gasteiger partial charge is 0.171 e. The summed E-state index contributed by atoms with van der Waals surface area (Å²) in [5.41, 5.74) is -3.67. The molecule has 0 saturated carbocycles. The molecule has 0 nitrogen and oxygen atoms in total. The third-order valence-corrected chi connectivity index (χ3v) is 16.5. The summed E-state index contributed by atoms with van der Waals surface area (Å²) >= 11 is 0. The van der Waals surface area contributed by atoms with Gasteiger partial charge in [-0.15, -0.1) is 0 Å². The Morgan fingerprint density at radius 3 is 0.840 bits per heavy atom. The fourth-order valence-corrected chi connectivity index (χ4v) is 7.60. The molecule has 0 aliphatic rings. The van der Waals surface area contributed by atoms with Gasteiger partial charge in [-0.2, -0.15) is 158 Å². The van der Waals surface area contributed by atoms with Crippen molar-refractivity contribution in [1.82, 2.24) is 0 Å². The van der Waals surface area contributed by atoms with Gasteiger partial charge in [0.25, 0.3) is 0 Å². The zero-order chi connectivity index (χ0) is 88.0. The second-order valence-electron chi connectivity index (χ2n) is 28.8.